The molecule has 1 radical (unpaired) electrons. The molecule has 0 aliphatic carbocycles. The lowest BCUT2D eigenvalue weighted by atomic mass is 11.0. The first-order valence-electron chi connectivity index (χ1n) is 2.33. The van der Waals surface area contributed by atoms with Gasteiger partial charge in [0.05, 0.1) is 0 Å². The van der Waals surface area contributed by atoms with Gasteiger partial charge in [0.25, 0.3) is 0 Å². The first-order valence-corrected chi connectivity index (χ1v) is 5.50. The van der Waals surface area contributed by atoms with Crippen molar-refractivity contribution < 1.29 is 8.42 Å². The van der Waals surface area contributed by atoms with Gasteiger partial charge in [-0.3, -0.25) is 0 Å². The Morgan fingerprint density at radius 3 is 2.50 bits per heavy atom. The molecule has 1 heterocycles. The highest BCUT2D eigenvalue weighted by atomic mass is 32.2. The van der Waals surface area contributed by atoms with Gasteiger partial charge in [-0.1, -0.05) is 0 Å². The van der Waals surface area contributed by atoms with E-state index in [-0.39, 0.29) is 5.03 Å². The van der Waals surface area contributed by atoms with Gasteiger partial charge in [0.1, 0.15) is 0 Å². The van der Waals surface area contributed by atoms with Crippen LogP contribution < -0.4 is 0 Å². The van der Waals surface area contributed by atoms with Crippen molar-refractivity contribution in [1.29, 1.82) is 0 Å². The van der Waals surface area contributed by atoms with E-state index in [0.717, 1.165) is 17.6 Å². The number of thiazole rings is 1. The standard InChI is InChI=1S/C4H4NO2S3/c1-10(6,7)3-2-9-4(8)5-3/h2H,1H3. The quantitative estimate of drug-likeness (QED) is 0.672. The number of hydrogen-bond donors (Lipinski definition) is 0. The Morgan fingerprint density at radius 2 is 2.30 bits per heavy atom. The normalized spacial score (nSPS) is 11.7. The van der Waals surface area contributed by atoms with E-state index in [1.807, 2.05) is 0 Å². The molecule has 0 spiro atoms. The Labute approximate surface area is 68.4 Å². The van der Waals surface area contributed by atoms with Crippen molar-refractivity contribution in [3.63, 3.8) is 0 Å². The summed E-state index contributed by atoms with van der Waals surface area (Å²) in [4.78, 5) is 3.63. The van der Waals surface area contributed by atoms with E-state index in [9.17, 15) is 8.42 Å². The Morgan fingerprint density at radius 1 is 1.70 bits per heavy atom. The number of hydrogen-bond acceptors (Lipinski definition) is 4. The summed E-state index contributed by atoms with van der Waals surface area (Å²) in [5, 5.41) is 1.51. The lowest BCUT2D eigenvalue weighted by Gasteiger charge is -1.85. The zero-order chi connectivity index (χ0) is 7.78. The molecule has 0 saturated heterocycles. The van der Waals surface area contributed by atoms with Crippen LogP contribution in [0.25, 0.3) is 0 Å². The molecule has 0 fully saturated rings. The molecule has 55 valence electrons. The molecule has 0 atom stereocenters. The second kappa shape index (κ2) is 2.44. The molecular formula is C4H4NO2S3. The largest absolute Gasteiger partial charge is 0.222 e. The predicted octanol–water partition coefficient (Wildman–Crippen LogP) is 1.10. The number of nitrogens with zero attached hydrogens (tertiary/aromatic N) is 1. The van der Waals surface area contributed by atoms with Gasteiger partial charge in [-0.2, -0.15) is 0 Å². The predicted molar refractivity (Wildman–Crippen MR) is 41.1 cm³/mol. The van der Waals surface area contributed by atoms with Crippen molar-refractivity contribution in [2.75, 3.05) is 6.26 Å². The molecule has 1 aromatic heterocycles. The molecular weight excluding hydrogens is 190 g/mol. The van der Waals surface area contributed by atoms with Gasteiger partial charge in [-0.15, -0.1) is 11.3 Å². The number of sulfone groups is 1. The fourth-order valence-electron chi connectivity index (χ4n) is 0.414. The second-order valence-corrected chi connectivity index (χ2v) is 5.19. The van der Waals surface area contributed by atoms with Crippen LogP contribution in [-0.4, -0.2) is 19.7 Å². The summed E-state index contributed by atoms with van der Waals surface area (Å²) in [5.41, 5.74) is 0. The molecule has 0 aromatic carbocycles. The summed E-state index contributed by atoms with van der Waals surface area (Å²) in [6.45, 7) is 0. The van der Waals surface area contributed by atoms with Crippen LogP contribution in [0, 0.1) is 0 Å². The summed E-state index contributed by atoms with van der Waals surface area (Å²) >= 11 is 5.80. The molecule has 0 aliphatic rings. The summed E-state index contributed by atoms with van der Waals surface area (Å²) in [6, 6.07) is 0. The Bertz CT molecular complexity index is 326. The van der Waals surface area contributed by atoms with Gasteiger partial charge in [-0.25, -0.2) is 13.4 Å². The minimum atomic E-state index is -3.15. The van der Waals surface area contributed by atoms with Crippen LogP contribution in [0.2, 0.25) is 0 Å². The van der Waals surface area contributed by atoms with Gasteiger partial charge in [0.15, 0.2) is 19.2 Å². The fourth-order valence-corrected chi connectivity index (χ4v) is 2.28. The maximum atomic E-state index is 10.7. The van der Waals surface area contributed by atoms with E-state index >= 15 is 0 Å². The molecule has 0 bridgehead atoms. The molecule has 0 aliphatic heterocycles. The van der Waals surface area contributed by atoms with Crippen LogP contribution in [0.1, 0.15) is 0 Å². The van der Waals surface area contributed by atoms with Gasteiger partial charge >= 0.3 is 0 Å². The highest BCUT2D eigenvalue weighted by molar-refractivity contribution is 7.90. The molecule has 3 nitrogen and oxygen atoms in total. The maximum absolute atomic E-state index is 10.7. The number of rotatable bonds is 1. The van der Waals surface area contributed by atoms with Crippen LogP contribution >= 0.6 is 24.0 Å². The van der Waals surface area contributed by atoms with E-state index in [2.05, 4.69) is 17.6 Å². The van der Waals surface area contributed by atoms with Gasteiger partial charge in [-0.05, 0) is 12.6 Å². The molecule has 10 heavy (non-hydrogen) atoms. The SMILES string of the molecule is CS(=O)(=O)c1csc([S])n1. The minimum absolute atomic E-state index is 0.0718. The van der Waals surface area contributed by atoms with Crippen LogP contribution in [0.4, 0.5) is 0 Å². The van der Waals surface area contributed by atoms with E-state index in [1.165, 1.54) is 5.38 Å². The third kappa shape index (κ3) is 1.65. The molecule has 0 N–H and O–H groups in total. The highest BCUT2D eigenvalue weighted by Gasteiger charge is 2.10. The van der Waals surface area contributed by atoms with Crippen LogP contribution in [0.3, 0.4) is 0 Å². The summed E-state index contributed by atoms with van der Waals surface area (Å²) in [6.07, 6.45) is 1.11. The lowest BCUT2D eigenvalue weighted by molar-refractivity contribution is 0.598. The summed E-state index contributed by atoms with van der Waals surface area (Å²) < 4.78 is 21.8. The zero-order valence-electron chi connectivity index (χ0n) is 5.07. The number of aromatic nitrogens is 1. The smallest absolute Gasteiger partial charge is 0.193 e. The zero-order valence-corrected chi connectivity index (χ0v) is 7.52. The van der Waals surface area contributed by atoms with Crippen molar-refractivity contribution in [2.24, 2.45) is 0 Å². The molecule has 6 heteroatoms. The Kier molecular flexibility index (Phi) is 1.93. The molecule has 1 aromatic rings. The molecule has 0 unspecified atom stereocenters. The van der Waals surface area contributed by atoms with Gasteiger partial charge in [0, 0.05) is 11.6 Å². The Balaban J connectivity index is 3.21. The molecule has 0 amide bonds. The fraction of sp³-hybridized carbons (Fsp3) is 0.250. The van der Waals surface area contributed by atoms with E-state index in [4.69, 9.17) is 0 Å². The van der Waals surface area contributed by atoms with E-state index in [1.54, 1.807) is 0 Å². The first kappa shape index (κ1) is 7.90. The third-order valence-corrected chi connectivity index (χ3v) is 2.97. The minimum Gasteiger partial charge on any atom is -0.222 e. The van der Waals surface area contributed by atoms with Crippen LogP contribution in [0.15, 0.2) is 14.7 Å². The third-order valence-electron chi connectivity index (χ3n) is 0.842. The maximum Gasteiger partial charge on any atom is 0.193 e. The van der Waals surface area contributed by atoms with Crippen molar-refractivity contribution in [3.8, 4) is 0 Å². The average Bonchev–Trinajstić information content (AvgIpc) is 2.11. The van der Waals surface area contributed by atoms with Crippen LogP contribution in [-0.2, 0) is 9.84 Å². The topological polar surface area (TPSA) is 47.0 Å². The van der Waals surface area contributed by atoms with Crippen molar-refractivity contribution >= 4 is 33.8 Å². The average molecular weight is 194 g/mol. The summed E-state index contributed by atoms with van der Waals surface area (Å²) in [5.74, 6) is 0. The van der Waals surface area contributed by atoms with Gasteiger partial charge in [0.2, 0.25) is 0 Å². The van der Waals surface area contributed by atoms with Crippen molar-refractivity contribution in [2.45, 2.75) is 9.37 Å². The van der Waals surface area contributed by atoms with Crippen molar-refractivity contribution in [3.05, 3.63) is 5.38 Å². The second-order valence-electron chi connectivity index (χ2n) is 1.72. The van der Waals surface area contributed by atoms with Crippen molar-refractivity contribution in [1.82, 2.24) is 4.98 Å². The van der Waals surface area contributed by atoms with Gasteiger partial charge < -0.3 is 0 Å². The Hall–Kier alpha value is -0.200. The molecule has 1 rings (SSSR count). The monoisotopic (exact) mass is 194 g/mol. The first-order chi connectivity index (χ1) is 4.50. The van der Waals surface area contributed by atoms with E-state index < -0.39 is 9.84 Å². The van der Waals surface area contributed by atoms with E-state index in [0.29, 0.717) is 4.34 Å². The van der Waals surface area contributed by atoms with Crippen LogP contribution in [0.5, 0.6) is 0 Å². The molecule has 0 saturated carbocycles. The lowest BCUT2D eigenvalue weighted by Crippen LogP contribution is -1.96. The summed E-state index contributed by atoms with van der Waals surface area (Å²) in [7, 11) is -3.15. The highest BCUT2D eigenvalue weighted by Crippen LogP contribution is 2.16.